The van der Waals surface area contributed by atoms with E-state index < -0.39 is 57.5 Å². The number of piperidine rings is 1. The Balaban J connectivity index is 1.27. The van der Waals surface area contributed by atoms with Gasteiger partial charge < -0.3 is 39.0 Å². The van der Waals surface area contributed by atoms with Crippen LogP contribution in [0.5, 0.6) is 5.75 Å². The van der Waals surface area contributed by atoms with Crippen LogP contribution in [0.1, 0.15) is 88.6 Å². The first kappa shape index (κ1) is 40.6. The fourth-order valence-electron chi connectivity index (χ4n) is 14.4. The van der Waals surface area contributed by atoms with Crippen molar-refractivity contribution >= 4 is 34.5 Å². The van der Waals surface area contributed by atoms with Crippen molar-refractivity contribution in [3.63, 3.8) is 0 Å². The van der Waals surface area contributed by atoms with Crippen LogP contribution in [0.4, 0.5) is 5.69 Å². The number of esters is 3. The van der Waals surface area contributed by atoms with Crippen molar-refractivity contribution in [2.24, 2.45) is 11.3 Å². The van der Waals surface area contributed by atoms with Crippen LogP contribution >= 0.6 is 0 Å². The molecule has 10 atom stereocenters. The Hall–Kier alpha value is -4.43. The van der Waals surface area contributed by atoms with Gasteiger partial charge in [-0.05, 0) is 87.6 Å². The molecule has 2 saturated heterocycles. The summed E-state index contributed by atoms with van der Waals surface area (Å²) in [4.78, 5) is 53.9. The predicted octanol–water partition coefficient (Wildman–Crippen LogP) is 4.52. The van der Waals surface area contributed by atoms with Gasteiger partial charge in [0.15, 0.2) is 6.10 Å². The first-order chi connectivity index (χ1) is 29.2. The highest BCUT2D eigenvalue weighted by atomic mass is 16.6. The van der Waals surface area contributed by atoms with E-state index in [1.807, 2.05) is 43.1 Å². The zero-order valence-corrected chi connectivity index (χ0v) is 36.5. The molecule has 6 heterocycles. The second-order valence-corrected chi connectivity index (χ2v) is 19.2. The van der Waals surface area contributed by atoms with Crippen LogP contribution in [0.25, 0.3) is 10.9 Å². The lowest BCUT2D eigenvalue weighted by molar-refractivity contribution is -0.229. The van der Waals surface area contributed by atoms with E-state index in [1.54, 1.807) is 14.0 Å². The highest BCUT2D eigenvalue weighted by molar-refractivity contribution is 5.95. The van der Waals surface area contributed by atoms with Crippen molar-refractivity contribution in [3.8, 4) is 5.75 Å². The van der Waals surface area contributed by atoms with E-state index in [-0.39, 0.29) is 24.1 Å². The highest BCUT2D eigenvalue weighted by Gasteiger charge is 2.80. The molecule has 0 radical (unpaired) electrons. The minimum atomic E-state index is -2.30. The number of likely N-dealkylation sites (N-methyl/N-ethyl adjacent to an activating group) is 1. The molecule has 13 heteroatoms. The first-order valence-electron chi connectivity index (χ1n) is 22.3. The normalized spacial score (nSPS) is 38.2. The highest BCUT2D eigenvalue weighted by Crippen LogP contribution is 2.69. The molecule has 3 aromatic rings. The topological polar surface area (TPSA) is 154 Å². The number of para-hydroxylation sites is 1. The summed E-state index contributed by atoms with van der Waals surface area (Å²) < 4.78 is 24.4. The Morgan fingerprint density at radius 1 is 0.967 bits per heavy atom. The Bertz CT molecular complexity index is 2380. The van der Waals surface area contributed by atoms with E-state index in [9.17, 15) is 19.8 Å². The quantitative estimate of drug-likeness (QED) is 0.166. The first-order valence-corrected chi connectivity index (χ1v) is 22.3. The summed E-state index contributed by atoms with van der Waals surface area (Å²) in [5.41, 5.74) is -1.73. The Morgan fingerprint density at radius 3 is 2.46 bits per heavy atom. The van der Waals surface area contributed by atoms with Crippen molar-refractivity contribution in [2.45, 2.75) is 118 Å². The minimum Gasteiger partial charge on any atom is -0.496 e. The number of anilines is 1. The smallest absolute Gasteiger partial charge is 0.344 e. The third-order valence-corrected chi connectivity index (χ3v) is 16.9. The summed E-state index contributed by atoms with van der Waals surface area (Å²) in [5, 5.41) is 26.4. The lowest BCUT2D eigenvalue weighted by atomic mass is 9.47. The lowest BCUT2D eigenvalue weighted by Crippen LogP contribution is -2.81. The SMILES string of the molecule is CCOC(=O)C1(O)[C@H](OC(C)=O)[C@]2(CC)C=CCN3CC[C@@]4(c5cc([C@@]6(C(=O)OC)CC78CC7CC(O)(CC)CN8CCc7c6[nH]c6ccccc76)c(OC)cc5N(C)[C@@H]14)[C@@H]32. The van der Waals surface area contributed by atoms with Crippen LogP contribution in [-0.2, 0) is 45.8 Å². The summed E-state index contributed by atoms with van der Waals surface area (Å²) in [5.74, 6) is -1.18. The van der Waals surface area contributed by atoms with E-state index in [4.69, 9.17) is 18.9 Å². The molecule has 7 aliphatic rings. The van der Waals surface area contributed by atoms with Gasteiger partial charge in [0.1, 0.15) is 11.2 Å². The maximum absolute atomic E-state index is 15.5. The molecule has 61 heavy (non-hydrogen) atoms. The number of H-pyrrole nitrogens is 1. The number of aliphatic hydroxyl groups is 2. The van der Waals surface area contributed by atoms with Crippen LogP contribution in [0.2, 0.25) is 0 Å². The van der Waals surface area contributed by atoms with Crippen LogP contribution < -0.4 is 9.64 Å². The van der Waals surface area contributed by atoms with Gasteiger partial charge in [-0.3, -0.25) is 19.4 Å². The van der Waals surface area contributed by atoms with Gasteiger partial charge in [-0.1, -0.05) is 44.2 Å². The number of carbonyl (C=O) groups is 3. The van der Waals surface area contributed by atoms with Gasteiger partial charge in [0, 0.05) is 89.9 Å². The standard InChI is InChI=1S/C48H60N4O9/c1-8-43(56)24-29-25-45(29)26-47(41(54)59-7,37-31(16-20-52(45)27-43)30-14-11-12-15-34(30)49-37)33-22-32-35(23-36(33)58-6)50(5)39-46(32)18-21-51-19-13-17-44(9-2,38(46)51)40(61-28(4)53)48(39,57)42(55)60-10-3/h11-15,17,22-23,29,38-40,49,56-57H,8-10,16,18-21,24-27H2,1-7H3/t29?,38-,39+,40+,43?,44+,45?,46+,47-,48?/m0/s1. The molecule has 4 unspecified atom stereocenters. The van der Waals surface area contributed by atoms with Crippen molar-refractivity contribution in [1.29, 1.82) is 0 Å². The van der Waals surface area contributed by atoms with Gasteiger partial charge in [-0.15, -0.1) is 0 Å². The monoisotopic (exact) mass is 836 g/mol. The van der Waals surface area contributed by atoms with E-state index in [0.29, 0.717) is 69.5 Å². The maximum atomic E-state index is 15.5. The summed E-state index contributed by atoms with van der Waals surface area (Å²) in [6, 6.07) is 11.1. The van der Waals surface area contributed by atoms with Crippen molar-refractivity contribution in [2.75, 3.05) is 59.0 Å². The number of hydrogen-bond acceptors (Lipinski definition) is 12. The van der Waals surface area contributed by atoms with E-state index in [2.05, 4.69) is 46.0 Å². The summed E-state index contributed by atoms with van der Waals surface area (Å²) in [7, 11) is 4.96. The van der Waals surface area contributed by atoms with Crippen LogP contribution in [0.3, 0.4) is 0 Å². The number of hydrogen-bond donors (Lipinski definition) is 3. The molecule has 326 valence electrons. The predicted molar refractivity (Wildman–Crippen MR) is 228 cm³/mol. The molecule has 0 bridgehead atoms. The van der Waals surface area contributed by atoms with Gasteiger partial charge in [-0.25, -0.2) is 4.79 Å². The summed E-state index contributed by atoms with van der Waals surface area (Å²) >= 11 is 0. The van der Waals surface area contributed by atoms with Gasteiger partial charge >= 0.3 is 17.9 Å². The molecule has 13 nitrogen and oxygen atoms in total. The fraction of sp³-hybridized carbons (Fsp3) is 0.604. The third-order valence-electron chi connectivity index (χ3n) is 16.9. The number of benzene rings is 2. The molecule has 2 aromatic carbocycles. The lowest BCUT2D eigenvalue weighted by Gasteiger charge is -2.63. The zero-order valence-electron chi connectivity index (χ0n) is 36.5. The fourth-order valence-corrected chi connectivity index (χ4v) is 14.4. The van der Waals surface area contributed by atoms with Gasteiger partial charge in [-0.2, -0.15) is 0 Å². The minimum absolute atomic E-state index is 0.0245. The average Bonchev–Trinajstić information content (AvgIpc) is 3.49. The second kappa shape index (κ2) is 13.5. The Labute approximate surface area is 357 Å². The number of aromatic amines is 1. The second-order valence-electron chi connectivity index (χ2n) is 19.2. The molecule has 2 spiro atoms. The Morgan fingerprint density at radius 2 is 1.75 bits per heavy atom. The van der Waals surface area contributed by atoms with Gasteiger partial charge in [0.05, 0.1) is 32.5 Å². The molecule has 2 aliphatic carbocycles. The van der Waals surface area contributed by atoms with E-state index >= 15 is 4.79 Å². The number of nitrogens with zero attached hydrogens (tertiary/aromatic N) is 3. The van der Waals surface area contributed by atoms with Crippen molar-refractivity contribution in [3.05, 3.63) is 70.9 Å². The largest absolute Gasteiger partial charge is 0.496 e. The molecule has 3 N–H and O–H groups in total. The number of carbonyl (C=O) groups excluding carboxylic acids is 3. The van der Waals surface area contributed by atoms with E-state index in [1.165, 1.54) is 14.0 Å². The number of methoxy groups -OCH3 is 2. The number of nitrogens with one attached hydrogen (secondary N) is 1. The molecule has 1 aromatic heterocycles. The summed E-state index contributed by atoms with van der Waals surface area (Å²) in [6.45, 7) is 9.71. The molecular weight excluding hydrogens is 777 g/mol. The number of rotatable bonds is 8. The van der Waals surface area contributed by atoms with Crippen LogP contribution in [0.15, 0.2) is 48.6 Å². The third kappa shape index (κ3) is 5.00. The molecule has 5 aliphatic heterocycles. The van der Waals surface area contributed by atoms with E-state index in [0.717, 1.165) is 46.4 Å². The van der Waals surface area contributed by atoms with Crippen LogP contribution in [-0.4, -0.2) is 132 Å². The molecular formula is C48H60N4O9. The average molecular weight is 837 g/mol. The summed E-state index contributed by atoms with van der Waals surface area (Å²) in [6.07, 6.45) is 7.14. The number of β-amino-alcohol motifs (C(OH)–C–C–N with tert-alkyl or cyclic N) is 1. The van der Waals surface area contributed by atoms with Crippen molar-refractivity contribution < 1.29 is 43.5 Å². The van der Waals surface area contributed by atoms with Crippen molar-refractivity contribution in [1.82, 2.24) is 14.8 Å². The Kier molecular flexibility index (Phi) is 9.02. The van der Waals surface area contributed by atoms with Gasteiger partial charge in [0.25, 0.3) is 0 Å². The zero-order chi connectivity index (χ0) is 43.1. The number of ether oxygens (including phenoxy) is 4. The molecule has 0 amide bonds. The number of aromatic nitrogens is 1. The number of fused-ring (bicyclic) bond motifs is 4. The molecule has 10 rings (SSSR count). The molecule has 4 fully saturated rings. The maximum Gasteiger partial charge on any atom is 0.344 e. The van der Waals surface area contributed by atoms with Gasteiger partial charge in [0.2, 0.25) is 5.60 Å². The van der Waals surface area contributed by atoms with Crippen LogP contribution in [0, 0.1) is 11.3 Å². The molecule has 2 saturated carbocycles.